The van der Waals surface area contributed by atoms with Crippen LogP contribution >= 0.6 is 11.6 Å². The molecule has 170 valence electrons. The number of aryl methyl sites for hydroxylation is 1. The van der Waals surface area contributed by atoms with E-state index in [1.54, 1.807) is 16.8 Å². The van der Waals surface area contributed by atoms with Crippen LogP contribution in [0.4, 0.5) is 5.82 Å². The lowest BCUT2D eigenvalue weighted by atomic mass is 9.95. The number of hydrogen-bond donors (Lipinski definition) is 0. The summed E-state index contributed by atoms with van der Waals surface area (Å²) in [6.45, 7) is 2.95. The van der Waals surface area contributed by atoms with Crippen LogP contribution in [0.5, 0.6) is 0 Å². The van der Waals surface area contributed by atoms with Crippen LogP contribution in [0.1, 0.15) is 30.4 Å². The van der Waals surface area contributed by atoms with Crippen molar-refractivity contribution in [2.45, 2.75) is 38.6 Å². The Labute approximate surface area is 195 Å². The molecule has 0 radical (unpaired) electrons. The standard InChI is InChI=1S/C25H24ClN3O4/c1-15-20(18-11-12-19(26)22-21(18)32-24(30)25(31)33-22)28(2)27-23(15)29-13-7-6-10-17(29)14-16-8-4-3-5-9-16/h3-5,8-9,11-12,17H,6-7,10,13-14H2,1-2H3. The van der Waals surface area contributed by atoms with Crippen LogP contribution in [0.25, 0.3) is 22.4 Å². The number of halogens is 1. The molecule has 0 amide bonds. The van der Waals surface area contributed by atoms with Gasteiger partial charge in [-0.15, -0.1) is 0 Å². The van der Waals surface area contributed by atoms with Crippen molar-refractivity contribution >= 4 is 28.6 Å². The normalized spacial score (nSPS) is 16.5. The Morgan fingerprint density at radius 1 is 1.03 bits per heavy atom. The summed E-state index contributed by atoms with van der Waals surface area (Å²) in [7, 11) is 1.86. The number of nitrogens with zero attached hydrogens (tertiary/aromatic N) is 3. The van der Waals surface area contributed by atoms with Crippen molar-refractivity contribution in [2.75, 3.05) is 11.4 Å². The number of rotatable bonds is 4. The first-order valence-electron chi connectivity index (χ1n) is 11.0. The Morgan fingerprint density at radius 3 is 2.52 bits per heavy atom. The van der Waals surface area contributed by atoms with Gasteiger partial charge in [-0.25, -0.2) is 9.59 Å². The zero-order chi connectivity index (χ0) is 23.1. The fraction of sp³-hybridized carbons (Fsp3) is 0.320. The zero-order valence-corrected chi connectivity index (χ0v) is 19.3. The molecular formula is C25H24ClN3O4. The predicted molar refractivity (Wildman–Crippen MR) is 128 cm³/mol. The summed E-state index contributed by atoms with van der Waals surface area (Å²) in [5.74, 6) is 0.913. The van der Waals surface area contributed by atoms with Gasteiger partial charge in [0.1, 0.15) is 0 Å². The van der Waals surface area contributed by atoms with E-state index in [2.05, 4.69) is 29.2 Å². The second-order valence-electron chi connectivity index (χ2n) is 8.49. The molecule has 1 aliphatic heterocycles. The Morgan fingerprint density at radius 2 is 1.76 bits per heavy atom. The van der Waals surface area contributed by atoms with Crippen molar-refractivity contribution in [2.24, 2.45) is 7.05 Å². The summed E-state index contributed by atoms with van der Waals surface area (Å²) in [5.41, 5.74) is 1.72. The van der Waals surface area contributed by atoms with Crippen LogP contribution in [0.2, 0.25) is 5.02 Å². The molecule has 0 aliphatic carbocycles. The maximum Gasteiger partial charge on any atom is 0.423 e. The van der Waals surface area contributed by atoms with E-state index in [4.69, 9.17) is 25.5 Å². The van der Waals surface area contributed by atoms with Gasteiger partial charge in [0.25, 0.3) is 0 Å². The molecule has 0 saturated carbocycles. The van der Waals surface area contributed by atoms with Gasteiger partial charge in [-0.1, -0.05) is 41.9 Å². The van der Waals surface area contributed by atoms with Gasteiger partial charge < -0.3 is 13.7 Å². The topological polar surface area (TPSA) is 81.5 Å². The smallest absolute Gasteiger partial charge is 0.413 e. The highest BCUT2D eigenvalue weighted by Gasteiger charge is 2.29. The van der Waals surface area contributed by atoms with E-state index in [0.717, 1.165) is 42.9 Å². The summed E-state index contributed by atoms with van der Waals surface area (Å²) < 4.78 is 12.2. The minimum atomic E-state index is -1.08. The molecule has 4 aromatic rings. The summed E-state index contributed by atoms with van der Waals surface area (Å²) in [6, 6.07) is 14.3. The molecular weight excluding hydrogens is 442 g/mol. The summed E-state index contributed by atoms with van der Waals surface area (Å²) in [4.78, 5) is 26.0. The lowest BCUT2D eigenvalue weighted by Crippen LogP contribution is -2.41. The molecule has 3 heterocycles. The first-order valence-corrected chi connectivity index (χ1v) is 11.4. The molecule has 0 N–H and O–H groups in total. The van der Waals surface area contributed by atoms with Crippen molar-refractivity contribution in [1.82, 2.24) is 9.78 Å². The minimum Gasteiger partial charge on any atom is -0.413 e. The van der Waals surface area contributed by atoms with E-state index in [1.807, 2.05) is 20.0 Å². The van der Waals surface area contributed by atoms with Crippen LogP contribution < -0.4 is 16.2 Å². The van der Waals surface area contributed by atoms with E-state index in [9.17, 15) is 9.59 Å². The third-order valence-electron chi connectivity index (χ3n) is 6.35. The molecule has 8 heteroatoms. The van der Waals surface area contributed by atoms with E-state index in [-0.39, 0.29) is 16.2 Å². The van der Waals surface area contributed by atoms with Crippen LogP contribution in [0.15, 0.2) is 60.9 Å². The minimum absolute atomic E-state index is 0.0563. The fourth-order valence-corrected chi connectivity index (χ4v) is 5.02. The van der Waals surface area contributed by atoms with Crippen molar-refractivity contribution in [3.05, 3.63) is 79.5 Å². The number of benzene rings is 2. The van der Waals surface area contributed by atoms with E-state index in [0.29, 0.717) is 11.6 Å². The van der Waals surface area contributed by atoms with Crippen LogP contribution in [-0.4, -0.2) is 22.4 Å². The van der Waals surface area contributed by atoms with E-state index >= 15 is 0 Å². The van der Waals surface area contributed by atoms with Crippen molar-refractivity contribution in [3.63, 3.8) is 0 Å². The van der Waals surface area contributed by atoms with Crippen molar-refractivity contribution in [1.29, 1.82) is 0 Å². The quantitative estimate of drug-likeness (QED) is 0.406. The highest BCUT2D eigenvalue weighted by molar-refractivity contribution is 6.35. The second kappa shape index (κ2) is 8.56. The summed E-state index contributed by atoms with van der Waals surface area (Å²) >= 11 is 6.22. The first-order chi connectivity index (χ1) is 15.9. The molecule has 1 aliphatic rings. The number of fused-ring (bicyclic) bond motifs is 1. The molecule has 0 spiro atoms. The lowest BCUT2D eigenvalue weighted by Gasteiger charge is -2.36. The van der Waals surface area contributed by atoms with Crippen LogP contribution in [-0.2, 0) is 13.5 Å². The monoisotopic (exact) mass is 465 g/mol. The van der Waals surface area contributed by atoms with Gasteiger partial charge >= 0.3 is 11.3 Å². The zero-order valence-electron chi connectivity index (χ0n) is 18.5. The van der Waals surface area contributed by atoms with Crippen molar-refractivity contribution in [3.8, 4) is 11.3 Å². The Bertz CT molecular complexity index is 1440. The maximum absolute atomic E-state index is 11.9. The third kappa shape index (κ3) is 3.86. The molecule has 2 aromatic heterocycles. The number of anilines is 1. The van der Waals surface area contributed by atoms with Crippen molar-refractivity contribution < 1.29 is 8.83 Å². The molecule has 0 bridgehead atoms. The number of aromatic nitrogens is 2. The van der Waals surface area contributed by atoms with Crippen LogP contribution in [0.3, 0.4) is 0 Å². The molecule has 1 fully saturated rings. The van der Waals surface area contributed by atoms with Gasteiger partial charge in [0, 0.05) is 30.8 Å². The largest absolute Gasteiger partial charge is 0.423 e. The molecule has 1 saturated heterocycles. The second-order valence-corrected chi connectivity index (χ2v) is 8.89. The number of piperidine rings is 1. The SMILES string of the molecule is Cc1c(N2CCCCC2Cc2ccccc2)nn(C)c1-c1ccc(Cl)c2oc(=O)c(=O)oc12. The average Bonchev–Trinajstić information content (AvgIpc) is 3.10. The molecule has 1 unspecified atom stereocenters. The van der Waals surface area contributed by atoms with Crippen LogP contribution in [0, 0.1) is 6.92 Å². The summed E-state index contributed by atoms with van der Waals surface area (Å²) in [5, 5.41) is 5.07. The molecule has 5 rings (SSSR count). The van der Waals surface area contributed by atoms with Gasteiger partial charge in [-0.2, -0.15) is 5.10 Å². The van der Waals surface area contributed by atoms with E-state index in [1.165, 1.54) is 12.0 Å². The third-order valence-corrected chi connectivity index (χ3v) is 6.65. The Kier molecular flexibility index (Phi) is 5.58. The Balaban J connectivity index is 1.61. The number of hydrogen-bond acceptors (Lipinski definition) is 6. The fourth-order valence-electron chi connectivity index (χ4n) is 4.83. The predicted octanol–water partition coefficient (Wildman–Crippen LogP) is 4.71. The van der Waals surface area contributed by atoms with Gasteiger partial charge in [0.15, 0.2) is 17.0 Å². The first kappa shape index (κ1) is 21.5. The van der Waals surface area contributed by atoms with Gasteiger partial charge in [0.05, 0.1) is 10.7 Å². The average molecular weight is 466 g/mol. The van der Waals surface area contributed by atoms with Gasteiger partial charge in [0.2, 0.25) is 0 Å². The highest BCUT2D eigenvalue weighted by Crippen LogP contribution is 2.38. The van der Waals surface area contributed by atoms with Gasteiger partial charge in [-0.05, 0) is 50.3 Å². The summed E-state index contributed by atoms with van der Waals surface area (Å²) in [6.07, 6.45) is 4.36. The molecule has 1 atom stereocenters. The van der Waals surface area contributed by atoms with Gasteiger partial charge in [-0.3, -0.25) is 4.68 Å². The Hall–Kier alpha value is -3.32. The van der Waals surface area contributed by atoms with E-state index < -0.39 is 11.3 Å². The lowest BCUT2D eigenvalue weighted by molar-refractivity contribution is 0.449. The molecule has 2 aromatic carbocycles. The highest BCUT2D eigenvalue weighted by atomic mass is 35.5. The molecule has 7 nitrogen and oxygen atoms in total. The molecule has 33 heavy (non-hydrogen) atoms. The maximum atomic E-state index is 11.9.